The quantitative estimate of drug-likeness (QED) is 0.147. The minimum atomic E-state index is 1.21. The summed E-state index contributed by atoms with van der Waals surface area (Å²) in [6.45, 7) is 0. The van der Waals surface area contributed by atoms with Gasteiger partial charge in [0.15, 0.2) is 0 Å². The molecule has 0 atom stereocenters. The lowest BCUT2D eigenvalue weighted by atomic mass is 9.80. The van der Waals surface area contributed by atoms with Crippen molar-refractivity contribution in [2.75, 3.05) is 0 Å². The molecule has 0 saturated heterocycles. The molecule has 0 spiro atoms. The van der Waals surface area contributed by atoms with Crippen LogP contribution in [0.2, 0.25) is 0 Å². The smallest absolute Gasteiger partial charge is 0.00139 e. The van der Waals surface area contributed by atoms with Gasteiger partial charge < -0.3 is 0 Å². The number of rotatable bonds is 6. The van der Waals surface area contributed by atoms with Crippen molar-refractivity contribution in [2.45, 2.75) is 0 Å². The first-order chi connectivity index (χ1) is 30.8. The minimum Gasteiger partial charge on any atom is -0.0622 e. The molecule has 0 aromatic heterocycles. The molecule has 12 aromatic carbocycles. The Morgan fingerprint density at radius 2 is 0.468 bits per heavy atom. The first kappa shape index (κ1) is 35.8. The van der Waals surface area contributed by atoms with Crippen LogP contribution in [0, 0.1) is 0 Å². The fraction of sp³-hybridized carbons (Fsp3) is 0. The highest BCUT2D eigenvalue weighted by atomic mass is 14.3. The second-order valence-electron chi connectivity index (χ2n) is 16.3. The Labute approximate surface area is 361 Å². The van der Waals surface area contributed by atoms with E-state index >= 15 is 0 Å². The Balaban J connectivity index is 1.11. The van der Waals surface area contributed by atoms with E-state index in [4.69, 9.17) is 0 Å². The molecule has 62 heavy (non-hydrogen) atoms. The lowest BCUT2D eigenvalue weighted by Crippen LogP contribution is -1.95. The molecule has 12 rings (SSSR count). The molecule has 0 fully saturated rings. The predicted molar refractivity (Wildman–Crippen MR) is 267 cm³/mol. The van der Waals surface area contributed by atoms with Crippen molar-refractivity contribution in [1.29, 1.82) is 0 Å². The third-order valence-electron chi connectivity index (χ3n) is 12.8. The van der Waals surface area contributed by atoms with Gasteiger partial charge in [-0.05, 0) is 139 Å². The van der Waals surface area contributed by atoms with E-state index in [0.29, 0.717) is 0 Å². The molecule has 0 saturated carbocycles. The zero-order valence-electron chi connectivity index (χ0n) is 34.1. The van der Waals surface area contributed by atoms with Crippen molar-refractivity contribution < 1.29 is 0 Å². The first-order valence-corrected chi connectivity index (χ1v) is 21.5. The largest absolute Gasteiger partial charge is 0.0622 e. The Bertz CT molecular complexity index is 3540. The van der Waals surface area contributed by atoms with Crippen LogP contribution in [0.5, 0.6) is 0 Å². The van der Waals surface area contributed by atoms with Gasteiger partial charge in [0.1, 0.15) is 0 Å². The molecule has 0 aliphatic rings. The summed E-state index contributed by atoms with van der Waals surface area (Å²) in [7, 11) is 0. The van der Waals surface area contributed by atoms with Gasteiger partial charge in [0.2, 0.25) is 0 Å². The van der Waals surface area contributed by atoms with Crippen molar-refractivity contribution in [3.05, 3.63) is 243 Å². The summed E-state index contributed by atoms with van der Waals surface area (Å²) >= 11 is 0. The zero-order valence-corrected chi connectivity index (χ0v) is 34.1. The van der Waals surface area contributed by atoms with Crippen LogP contribution in [0.4, 0.5) is 0 Å². The molecule has 0 aliphatic heterocycles. The van der Waals surface area contributed by atoms with E-state index < -0.39 is 0 Å². The monoisotopic (exact) mass is 784 g/mol. The van der Waals surface area contributed by atoms with Gasteiger partial charge in [-0.2, -0.15) is 0 Å². The highest BCUT2D eigenvalue weighted by Crippen LogP contribution is 2.51. The predicted octanol–water partition coefficient (Wildman–Crippen LogP) is 17.5. The SMILES string of the molecule is c1ccc(-c2ccc3cc(-c4c5ccccc5c(-c5c6ccccc6c(-c6ccc(-c7ccccc7)c(-c7ccccc7)c6)c6ccccc56)c5ccccc45)ccc3c2)cc1. The third-order valence-corrected chi connectivity index (χ3v) is 12.8. The van der Waals surface area contributed by atoms with E-state index in [-0.39, 0.29) is 0 Å². The second kappa shape index (κ2) is 14.9. The number of benzene rings is 12. The average molecular weight is 785 g/mol. The Morgan fingerprint density at radius 1 is 0.161 bits per heavy atom. The van der Waals surface area contributed by atoms with Gasteiger partial charge in [-0.1, -0.05) is 224 Å². The van der Waals surface area contributed by atoms with E-state index in [1.807, 2.05) is 0 Å². The van der Waals surface area contributed by atoms with Crippen molar-refractivity contribution in [3.8, 4) is 66.8 Å². The Kier molecular flexibility index (Phi) is 8.61. The van der Waals surface area contributed by atoms with E-state index in [1.54, 1.807) is 0 Å². The Hall–Kier alpha value is -8.06. The molecule has 288 valence electrons. The molecular weight excluding hydrogens is 745 g/mol. The Morgan fingerprint density at radius 3 is 0.903 bits per heavy atom. The first-order valence-electron chi connectivity index (χ1n) is 21.5. The summed E-state index contributed by atoms with van der Waals surface area (Å²) in [6, 6.07) is 89.3. The maximum absolute atomic E-state index is 2.41. The van der Waals surface area contributed by atoms with Crippen LogP contribution in [-0.2, 0) is 0 Å². The van der Waals surface area contributed by atoms with Crippen molar-refractivity contribution in [2.24, 2.45) is 0 Å². The minimum absolute atomic E-state index is 1.21. The van der Waals surface area contributed by atoms with Crippen LogP contribution in [-0.4, -0.2) is 0 Å². The summed E-state index contributed by atoms with van der Waals surface area (Å²) in [5, 5.41) is 12.5. The molecule has 0 N–H and O–H groups in total. The van der Waals surface area contributed by atoms with Gasteiger partial charge in [-0.3, -0.25) is 0 Å². The van der Waals surface area contributed by atoms with Crippen LogP contribution in [0.15, 0.2) is 243 Å². The summed E-state index contributed by atoms with van der Waals surface area (Å²) < 4.78 is 0. The molecule has 0 heteroatoms. The standard InChI is InChI=1S/C62H40/c1-4-18-41(19-5-1)44-32-33-46-39-47(35-34-45(46)38-44)59-50-24-10-14-28-54(50)61(55-29-15-11-25-51(55)59)62-56-30-16-12-26-52(56)60(53-27-13-17-31-57(53)62)48-36-37-49(42-20-6-2-7-21-42)58(40-48)43-22-8-3-9-23-43/h1-40H. The fourth-order valence-corrected chi connectivity index (χ4v) is 10.1. The van der Waals surface area contributed by atoms with Crippen LogP contribution in [0.1, 0.15) is 0 Å². The molecule has 0 amide bonds. The molecule has 0 heterocycles. The maximum Gasteiger partial charge on any atom is -0.00139 e. The van der Waals surface area contributed by atoms with Crippen LogP contribution < -0.4 is 0 Å². The van der Waals surface area contributed by atoms with Crippen LogP contribution in [0.3, 0.4) is 0 Å². The molecular formula is C62H40. The second-order valence-corrected chi connectivity index (χ2v) is 16.3. The van der Waals surface area contributed by atoms with Gasteiger partial charge in [-0.15, -0.1) is 0 Å². The lowest BCUT2D eigenvalue weighted by Gasteiger charge is -2.22. The maximum atomic E-state index is 2.41. The zero-order chi connectivity index (χ0) is 41.0. The lowest BCUT2D eigenvalue weighted by molar-refractivity contribution is 1.58. The van der Waals surface area contributed by atoms with Gasteiger partial charge >= 0.3 is 0 Å². The molecule has 0 bridgehead atoms. The van der Waals surface area contributed by atoms with Gasteiger partial charge in [0, 0.05) is 0 Å². The number of fused-ring (bicyclic) bond motifs is 5. The topological polar surface area (TPSA) is 0 Å². The van der Waals surface area contributed by atoms with E-state index in [2.05, 4.69) is 243 Å². The highest BCUT2D eigenvalue weighted by Gasteiger charge is 2.23. The highest BCUT2D eigenvalue weighted by molar-refractivity contribution is 6.30. The summed E-state index contributed by atoms with van der Waals surface area (Å²) in [5.41, 5.74) is 14.9. The van der Waals surface area contributed by atoms with Crippen molar-refractivity contribution in [3.63, 3.8) is 0 Å². The normalized spacial score (nSPS) is 11.5. The van der Waals surface area contributed by atoms with E-state index in [0.717, 1.165) is 0 Å². The third kappa shape index (κ3) is 5.92. The van der Waals surface area contributed by atoms with Gasteiger partial charge in [-0.25, -0.2) is 0 Å². The summed E-state index contributed by atoms with van der Waals surface area (Å²) in [4.78, 5) is 0. The molecule has 0 nitrogen and oxygen atoms in total. The van der Waals surface area contributed by atoms with Gasteiger partial charge in [0.25, 0.3) is 0 Å². The van der Waals surface area contributed by atoms with Gasteiger partial charge in [0.05, 0.1) is 0 Å². The molecule has 0 aliphatic carbocycles. The van der Waals surface area contributed by atoms with Crippen LogP contribution in [0.25, 0.3) is 121 Å². The molecule has 0 radical (unpaired) electrons. The number of hydrogen-bond acceptors (Lipinski definition) is 0. The van der Waals surface area contributed by atoms with E-state index in [1.165, 1.54) is 121 Å². The van der Waals surface area contributed by atoms with Crippen LogP contribution >= 0.6 is 0 Å². The fourth-order valence-electron chi connectivity index (χ4n) is 10.1. The molecule has 0 unspecified atom stereocenters. The summed E-state index contributed by atoms with van der Waals surface area (Å²) in [5.74, 6) is 0. The van der Waals surface area contributed by atoms with E-state index in [9.17, 15) is 0 Å². The number of hydrogen-bond donors (Lipinski definition) is 0. The van der Waals surface area contributed by atoms with Crippen molar-refractivity contribution >= 4 is 53.9 Å². The average Bonchev–Trinajstić information content (AvgIpc) is 3.35. The summed E-state index contributed by atoms with van der Waals surface area (Å²) in [6.07, 6.45) is 0. The van der Waals surface area contributed by atoms with Crippen molar-refractivity contribution in [1.82, 2.24) is 0 Å². The molecule has 12 aromatic rings.